The summed E-state index contributed by atoms with van der Waals surface area (Å²) in [7, 11) is -0.847. The van der Waals surface area contributed by atoms with Gasteiger partial charge >= 0.3 is 5.97 Å². The Morgan fingerprint density at radius 1 is 0.962 bits per heavy atom. The van der Waals surface area contributed by atoms with E-state index in [1.165, 1.54) is 0 Å². The van der Waals surface area contributed by atoms with Gasteiger partial charge in [-0.05, 0) is 44.6 Å². The monoisotopic (exact) mass is 384 g/mol. The Hall–Kier alpha value is -1.04. The van der Waals surface area contributed by atoms with Crippen LogP contribution in [0.4, 0.5) is 0 Å². The number of hydrogen-bond acceptors (Lipinski definition) is 5. The van der Waals surface area contributed by atoms with E-state index in [4.69, 9.17) is 14.2 Å². The Balaban J connectivity index is 2.53. The zero-order valence-electron chi connectivity index (χ0n) is 16.5. The third-order valence-electron chi connectivity index (χ3n) is 4.10. The smallest absolute Gasteiger partial charge is 0.335 e. The lowest BCUT2D eigenvalue weighted by Crippen LogP contribution is -2.35. The summed E-state index contributed by atoms with van der Waals surface area (Å²) in [4.78, 5) is 15.7. The number of nitrogens with zero attached hydrogens (tertiary/aromatic N) is 2. The van der Waals surface area contributed by atoms with E-state index < -0.39 is 14.3 Å². The predicted octanol–water partition coefficient (Wildman–Crippen LogP) is 3.87. The summed E-state index contributed by atoms with van der Waals surface area (Å²) in [5.74, 6) is -0.886. The molecule has 0 spiro atoms. The molecule has 1 rings (SSSR count). The van der Waals surface area contributed by atoms with Crippen LogP contribution in [-0.2, 0) is 15.6 Å². The number of aromatic carboxylic acids is 1. The van der Waals surface area contributed by atoms with E-state index in [1.54, 1.807) is 12.1 Å². The van der Waals surface area contributed by atoms with Crippen molar-refractivity contribution in [2.75, 3.05) is 45.7 Å². The highest BCUT2D eigenvalue weighted by Crippen LogP contribution is 2.38. The molecule has 0 amide bonds. The summed E-state index contributed by atoms with van der Waals surface area (Å²) in [5.41, 5.74) is 1.46. The van der Waals surface area contributed by atoms with E-state index in [1.807, 2.05) is 26.0 Å². The summed E-state index contributed by atoms with van der Waals surface area (Å²) in [5, 5.41) is 8.99. The summed E-state index contributed by atoms with van der Waals surface area (Å²) in [6.07, 6.45) is 0.832. The third-order valence-corrected chi connectivity index (χ3v) is 5.82. The summed E-state index contributed by atoms with van der Waals surface area (Å²) in [6, 6.07) is 7.13. The normalized spacial score (nSPS) is 11.7. The number of benzene rings is 1. The average Bonchev–Trinajstić information content (AvgIpc) is 2.64. The van der Waals surface area contributed by atoms with Crippen molar-refractivity contribution >= 4 is 14.3 Å². The molecule has 0 radical (unpaired) electrons. The van der Waals surface area contributed by atoms with Gasteiger partial charge in [-0.2, -0.15) is 0 Å². The second-order valence-electron chi connectivity index (χ2n) is 5.89. The molecule has 1 aromatic rings. The molecule has 7 heteroatoms. The van der Waals surface area contributed by atoms with Gasteiger partial charge < -0.3 is 14.2 Å². The highest BCUT2D eigenvalue weighted by atomic mass is 31.2. The van der Waals surface area contributed by atoms with Gasteiger partial charge in [0.05, 0.1) is 25.1 Å². The van der Waals surface area contributed by atoms with E-state index in [-0.39, 0.29) is 0 Å². The predicted molar refractivity (Wildman–Crippen MR) is 107 cm³/mol. The molecule has 0 aliphatic heterocycles. The summed E-state index contributed by atoms with van der Waals surface area (Å²) < 4.78 is 11.4. The van der Waals surface area contributed by atoms with Crippen molar-refractivity contribution in [2.24, 2.45) is 0 Å². The lowest BCUT2D eigenvalue weighted by atomic mass is 10.1. The van der Waals surface area contributed by atoms with Gasteiger partial charge in [0.2, 0.25) is 0 Å². The highest BCUT2D eigenvalue weighted by Gasteiger charge is 2.15. The molecule has 0 bridgehead atoms. The topological polar surface area (TPSA) is 62.2 Å². The maximum absolute atomic E-state index is 10.9. The second-order valence-corrected chi connectivity index (χ2v) is 7.36. The largest absolute Gasteiger partial charge is 0.478 e. The van der Waals surface area contributed by atoms with Gasteiger partial charge in [-0.25, -0.2) is 4.79 Å². The van der Waals surface area contributed by atoms with Crippen LogP contribution in [0.15, 0.2) is 24.3 Å². The number of hydrogen-bond donors (Lipinski definition) is 1. The molecule has 6 nitrogen and oxygen atoms in total. The van der Waals surface area contributed by atoms with E-state index in [2.05, 4.69) is 23.6 Å². The molecule has 0 aliphatic rings. The first-order valence-corrected chi connectivity index (χ1v) is 10.7. The zero-order valence-corrected chi connectivity index (χ0v) is 17.4. The second kappa shape index (κ2) is 13.2. The quantitative estimate of drug-likeness (QED) is 0.491. The lowest BCUT2D eigenvalue weighted by Gasteiger charge is -2.28. The summed E-state index contributed by atoms with van der Waals surface area (Å²) >= 11 is 0. The molecule has 0 saturated carbocycles. The Bertz CT molecular complexity index is 507. The van der Waals surface area contributed by atoms with Gasteiger partial charge in [-0.15, -0.1) is 0 Å². The van der Waals surface area contributed by atoms with Crippen LogP contribution >= 0.6 is 8.38 Å². The summed E-state index contributed by atoms with van der Waals surface area (Å²) in [6.45, 7) is 14.3. The molecule has 0 unspecified atom stereocenters. The average molecular weight is 384 g/mol. The van der Waals surface area contributed by atoms with Crippen molar-refractivity contribution in [2.45, 2.75) is 34.2 Å². The minimum absolute atomic E-state index is 0.328. The molecular weight excluding hydrogens is 351 g/mol. The van der Waals surface area contributed by atoms with Crippen LogP contribution in [0.5, 0.6) is 0 Å². The number of carbonyl (C=O) groups is 1. The Kier molecular flexibility index (Phi) is 11.7. The van der Waals surface area contributed by atoms with Gasteiger partial charge in [0, 0.05) is 19.6 Å². The van der Waals surface area contributed by atoms with E-state index >= 15 is 0 Å². The maximum atomic E-state index is 10.9. The van der Waals surface area contributed by atoms with Crippen molar-refractivity contribution in [1.82, 2.24) is 9.80 Å². The minimum Gasteiger partial charge on any atom is -0.478 e. The first-order chi connectivity index (χ1) is 12.5. The molecule has 0 fully saturated rings. The first-order valence-electron chi connectivity index (χ1n) is 9.34. The van der Waals surface area contributed by atoms with Crippen LogP contribution in [0, 0.1) is 0 Å². The van der Waals surface area contributed by atoms with Crippen molar-refractivity contribution in [3.05, 3.63) is 35.4 Å². The maximum Gasteiger partial charge on any atom is 0.335 e. The van der Waals surface area contributed by atoms with Crippen molar-refractivity contribution in [3.63, 3.8) is 0 Å². The van der Waals surface area contributed by atoms with Gasteiger partial charge in [-0.1, -0.05) is 26.0 Å². The molecular formula is C19H33N2O4P. The number of carboxylic acid groups (broad SMARTS) is 1. The van der Waals surface area contributed by atoms with Crippen molar-refractivity contribution < 1.29 is 18.9 Å². The van der Waals surface area contributed by atoms with Crippen LogP contribution in [0.2, 0.25) is 0 Å². The standard InChI is InChI=1S/C19H33N2O4P/c1-5-20(15-17-9-11-18(12-10-17)19(22)23)13-14-21(6-2)16-26(24-7-3)25-8-4/h9-12H,5-8,13-16H2,1-4H3,(H,22,23). The van der Waals surface area contributed by atoms with Crippen LogP contribution in [0.3, 0.4) is 0 Å². The molecule has 0 aliphatic carbocycles. The van der Waals surface area contributed by atoms with Crippen molar-refractivity contribution in [3.8, 4) is 0 Å². The van der Waals surface area contributed by atoms with E-state index in [0.717, 1.165) is 44.6 Å². The van der Waals surface area contributed by atoms with E-state index in [0.29, 0.717) is 18.8 Å². The Labute approximate surface area is 159 Å². The van der Waals surface area contributed by atoms with Crippen LogP contribution in [0.25, 0.3) is 0 Å². The van der Waals surface area contributed by atoms with Crippen molar-refractivity contribution in [1.29, 1.82) is 0 Å². The van der Waals surface area contributed by atoms with Gasteiger partial charge in [0.1, 0.15) is 0 Å². The molecule has 0 atom stereocenters. The van der Waals surface area contributed by atoms with E-state index in [9.17, 15) is 4.79 Å². The van der Waals surface area contributed by atoms with Crippen LogP contribution in [-0.4, -0.2) is 66.6 Å². The fourth-order valence-corrected chi connectivity index (χ4v) is 4.02. The molecule has 0 heterocycles. The van der Waals surface area contributed by atoms with Gasteiger partial charge in [0.25, 0.3) is 0 Å². The fraction of sp³-hybridized carbons (Fsp3) is 0.632. The molecule has 1 N–H and O–H groups in total. The third kappa shape index (κ3) is 8.56. The Morgan fingerprint density at radius 3 is 1.96 bits per heavy atom. The van der Waals surface area contributed by atoms with Gasteiger partial charge in [0.15, 0.2) is 8.38 Å². The number of likely N-dealkylation sites (N-methyl/N-ethyl adjacent to an activating group) is 2. The molecule has 1 aromatic carbocycles. The minimum atomic E-state index is -0.886. The molecule has 26 heavy (non-hydrogen) atoms. The van der Waals surface area contributed by atoms with Crippen LogP contribution < -0.4 is 0 Å². The van der Waals surface area contributed by atoms with Crippen LogP contribution in [0.1, 0.15) is 43.6 Å². The molecule has 148 valence electrons. The van der Waals surface area contributed by atoms with Gasteiger partial charge in [-0.3, -0.25) is 9.80 Å². The fourth-order valence-electron chi connectivity index (χ4n) is 2.54. The SMILES string of the molecule is CCOP(CN(CC)CCN(CC)Cc1ccc(C(=O)O)cc1)OCC. The first kappa shape index (κ1) is 23.0. The Morgan fingerprint density at radius 2 is 1.50 bits per heavy atom. The molecule has 0 saturated heterocycles. The molecule has 0 aromatic heterocycles. The highest BCUT2D eigenvalue weighted by molar-refractivity contribution is 7.47. The lowest BCUT2D eigenvalue weighted by molar-refractivity contribution is 0.0697. The number of rotatable bonds is 14. The number of carboxylic acids is 1. The zero-order chi connectivity index (χ0) is 19.4.